The molecule has 0 bridgehead atoms. The van der Waals surface area contributed by atoms with Crippen LogP contribution in [0.4, 0.5) is 5.69 Å². The maximum Gasteiger partial charge on any atom is 0.0622 e. The largest absolute Gasteiger partial charge is 0.398 e. The topological polar surface area (TPSA) is 38.9 Å². The summed E-state index contributed by atoms with van der Waals surface area (Å²) < 4.78 is 0.926. The van der Waals surface area contributed by atoms with E-state index in [1.54, 1.807) is 12.3 Å². The number of halogens is 1. The van der Waals surface area contributed by atoms with Crippen LogP contribution in [0, 0.1) is 0 Å². The predicted molar refractivity (Wildman–Crippen MR) is 50.4 cm³/mol. The van der Waals surface area contributed by atoms with E-state index in [-0.39, 0.29) is 0 Å². The Bertz CT molecular complexity index is 258. The number of rotatable bonds is 1. The fourth-order valence-electron chi connectivity index (χ4n) is 0.878. The van der Waals surface area contributed by atoms with Gasteiger partial charge in [-0.25, -0.2) is 0 Å². The van der Waals surface area contributed by atoms with Gasteiger partial charge in [0, 0.05) is 11.9 Å². The predicted octanol–water partition coefficient (Wildman–Crippen LogP) is 2.55. The summed E-state index contributed by atoms with van der Waals surface area (Å²) in [6.45, 7) is 4.18. The molecule has 1 rings (SSSR count). The number of pyridine rings is 1. The molecule has 0 aliphatic carbocycles. The Morgan fingerprint density at radius 3 is 2.64 bits per heavy atom. The Morgan fingerprint density at radius 2 is 2.18 bits per heavy atom. The van der Waals surface area contributed by atoms with Crippen molar-refractivity contribution < 1.29 is 0 Å². The van der Waals surface area contributed by atoms with Gasteiger partial charge >= 0.3 is 0 Å². The zero-order chi connectivity index (χ0) is 8.43. The molecule has 0 amide bonds. The Hall–Kier alpha value is -0.570. The van der Waals surface area contributed by atoms with Crippen molar-refractivity contribution in [1.82, 2.24) is 4.98 Å². The molecule has 60 valence electrons. The molecule has 1 heterocycles. The normalized spacial score (nSPS) is 10.5. The monoisotopic (exact) mass is 214 g/mol. The SMILES string of the molecule is CC(C)c1nccc(N)c1Br. The van der Waals surface area contributed by atoms with Gasteiger partial charge in [-0.3, -0.25) is 4.98 Å². The minimum Gasteiger partial charge on any atom is -0.398 e. The zero-order valence-corrected chi connectivity index (χ0v) is 8.22. The molecule has 0 atom stereocenters. The van der Waals surface area contributed by atoms with Gasteiger partial charge in [-0.1, -0.05) is 13.8 Å². The zero-order valence-electron chi connectivity index (χ0n) is 6.63. The van der Waals surface area contributed by atoms with E-state index in [1.807, 2.05) is 0 Å². The van der Waals surface area contributed by atoms with Crippen molar-refractivity contribution in [3.05, 3.63) is 22.4 Å². The lowest BCUT2D eigenvalue weighted by Crippen LogP contribution is -1.97. The molecular formula is C8H11BrN2. The molecule has 0 aliphatic heterocycles. The molecule has 0 radical (unpaired) electrons. The first-order valence-electron chi connectivity index (χ1n) is 3.52. The van der Waals surface area contributed by atoms with Gasteiger partial charge in [-0.2, -0.15) is 0 Å². The van der Waals surface area contributed by atoms with Crippen molar-refractivity contribution in [2.24, 2.45) is 0 Å². The molecule has 2 nitrogen and oxygen atoms in total. The molecule has 11 heavy (non-hydrogen) atoms. The average molecular weight is 215 g/mol. The van der Waals surface area contributed by atoms with Crippen LogP contribution in [-0.2, 0) is 0 Å². The third-order valence-corrected chi connectivity index (χ3v) is 2.36. The third kappa shape index (κ3) is 1.71. The number of hydrogen-bond donors (Lipinski definition) is 1. The van der Waals surface area contributed by atoms with Crippen molar-refractivity contribution in [2.45, 2.75) is 19.8 Å². The van der Waals surface area contributed by atoms with Crippen LogP contribution in [0.5, 0.6) is 0 Å². The summed E-state index contributed by atoms with van der Waals surface area (Å²) in [7, 11) is 0. The van der Waals surface area contributed by atoms with Gasteiger partial charge < -0.3 is 5.73 Å². The summed E-state index contributed by atoms with van der Waals surface area (Å²) in [5, 5.41) is 0. The first-order valence-corrected chi connectivity index (χ1v) is 4.32. The minimum atomic E-state index is 0.410. The Kier molecular flexibility index (Phi) is 2.49. The van der Waals surface area contributed by atoms with E-state index in [9.17, 15) is 0 Å². The van der Waals surface area contributed by atoms with Crippen molar-refractivity contribution in [1.29, 1.82) is 0 Å². The second kappa shape index (κ2) is 3.22. The van der Waals surface area contributed by atoms with Crippen LogP contribution in [-0.4, -0.2) is 4.98 Å². The highest BCUT2D eigenvalue weighted by Crippen LogP contribution is 2.26. The average Bonchev–Trinajstić information content (AvgIpc) is 1.94. The van der Waals surface area contributed by atoms with Gasteiger partial charge in [0.15, 0.2) is 0 Å². The fourth-order valence-corrected chi connectivity index (χ4v) is 1.57. The van der Waals surface area contributed by atoms with Crippen LogP contribution in [0.3, 0.4) is 0 Å². The highest BCUT2D eigenvalue weighted by molar-refractivity contribution is 9.10. The molecule has 0 spiro atoms. The van der Waals surface area contributed by atoms with Gasteiger partial charge in [-0.15, -0.1) is 0 Å². The minimum absolute atomic E-state index is 0.410. The molecule has 0 aromatic carbocycles. The number of nitrogens with two attached hydrogens (primary N) is 1. The quantitative estimate of drug-likeness (QED) is 0.781. The van der Waals surface area contributed by atoms with E-state index < -0.39 is 0 Å². The smallest absolute Gasteiger partial charge is 0.0622 e. The molecule has 1 aromatic heterocycles. The molecule has 2 N–H and O–H groups in total. The van der Waals surface area contributed by atoms with E-state index in [1.165, 1.54) is 0 Å². The van der Waals surface area contributed by atoms with Gasteiger partial charge in [0.2, 0.25) is 0 Å². The Morgan fingerprint density at radius 1 is 1.55 bits per heavy atom. The first-order chi connectivity index (χ1) is 5.13. The number of nitrogen functional groups attached to an aromatic ring is 1. The van der Waals surface area contributed by atoms with Gasteiger partial charge in [0.05, 0.1) is 10.2 Å². The first kappa shape index (κ1) is 8.53. The molecule has 3 heteroatoms. The summed E-state index contributed by atoms with van der Waals surface area (Å²) >= 11 is 3.39. The van der Waals surface area contributed by atoms with Gasteiger partial charge in [-0.05, 0) is 27.9 Å². The van der Waals surface area contributed by atoms with E-state index in [0.29, 0.717) is 5.92 Å². The van der Waals surface area contributed by atoms with Crippen LogP contribution in [0.2, 0.25) is 0 Å². The number of anilines is 1. The molecule has 0 aliphatic rings. The maximum absolute atomic E-state index is 5.67. The summed E-state index contributed by atoms with van der Waals surface area (Å²) in [5.41, 5.74) is 7.44. The Labute approximate surface area is 75.0 Å². The molecule has 0 fully saturated rings. The lowest BCUT2D eigenvalue weighted by atomic mass is 10.1. The van der Waals surface area contributed by atoms with E-state index in [4.69, 9.17) is 5.73 Å². The van der Waals surface area contributed by atoms with E-state index >= 15 is 0 Å². The fraction of sp³-hybridized carbons (Fsp3) is 0.375. The lowest BCUT2D eigenvalue weighted by Gasteiger charge is -2.07. The van der Waals surface area contributed by atoms with Gasteiger partial charge in [0.1, 0.15) is 0 Å². The van der Waals surface area contributed by atoms with Crippen LogP contribution >= 0.6 is 15.9 Å². The molecule has 0 saturated heterocycles. The van der Waals surface area contributed by atoms with Crippen LogP contribution < -0.4 is 5.73 Å². The van der Waals surface area contributed by atoms with Crippen LogP contribution in [0.15, 0.2) is 16.7 Å². The second-order valence-corrected chi connectivity index (χ2v) is 3.55. The summed E-state index contributed by atoms with van der Waals surface area (Å²) in [6, 6.07) is 1.79. The van der Waals surface area contributed by atoms with Crippen LogP contribution in [0.1, 0.15) is 25.5 Å². The van der Waals surface area contributed by atoms with Crippen molar-refractivity contribution >= 4 is 21.6 Å². The van der Waals surface area contributed by atoms with Crippen LogP contribution in [0.25, 0.3) is 0 Å². The van der Waals surface area contributed by atoms with E-state index in [2.05, 4.69) is 34.8 Å². The van der Waals surface area contributed by atoms with Crippen molar-refractivity contribution in [2.75, 3.05) is 5.73 Å². The maximum atomic E-state index is 5.67. The highest BCUT2D eigenvalue weighted by atomic mass is 79.9. The lowest BCUT2D eigenvalue weighted by molar-refractivity contribution is 0.817. The highest BCUT2D eigenvalue weighted by Gasteiger charge is 2.07. The number of hydrogen-bond acceptors (Lipinski definition) is 2. The molecule has 1 aromatic rings. The third-order valence-electron chi connectivity index (χ3n) is 1.49. The molecule has 0 unspecified atom stereocenters. The molecular weight excluding hydrogens is 204 g/mol. The summed E-state index contributed by atoms with van der Waals surface area (Å²) in [4.78, 5) is 4.21. The number of aromatic nitrogens is 1. The Balaban J connectivity index is 3.17. The van der Waals surface area contributed by atoms with Gasteiger partial charge in [0.25, 0.3) is 0 Å². The molecule has 0 saturated carbocycles. The number of nitrogens with zero attached hydrogens (tertiary/aromatic N) is 1. The van der Waals surface area contributed by atoms with Crippen molar-refractivity contribution in [3.8, 4) is 0 Å². The standard InChI is InChI=1S/C8H11BrN2/c1-5(2)8-7(9)6(10)3-4-11-8/h3-5H,1-2H3,(H2,10,11). The van der Waals surface area contributed by atoms with Crippen molar-refractivity contribution in [3.63, 3.8) is 0 Å². The second-order valence-electron chi connectivity index (χ2n) is 2.75. The summed E-state index contributed by atoms with van der Waals surface area (Å²) in [5.74, 6) is 0.410. The summed E-state index contributed by atoms with van der Waals surface area (Å²) in [6.07, 6.45) is 1.73. The van der Waals surface area contributed by atoms with E-state index in [0.717, 1.165) is 15.9 Å².